The van der Waals surface area contributed by atoms with Crippen LogP contribution in [-0.2, 0) is 22.4 Å². The van der Waals surface area contributed by atoms with E-state index in [9.17, 15) is 24.9 Å². The van der Waals surface area contributed by atoms with E-state index < -0.39 is 30.7 Å². The van der Waals surface area contributed by atoms with Crippen molar-refractivity contribution >= 4 is 45.0 Å². The van der Waals surface area contributed by atoms with Gasteiger partial charge in [-0.05, 0) is 29.7 Å². The number of nitrogens with zero attached hydrogens (tertiary/aromatic N) is 1. The van der Waals surface area contributed by atoms with E-state index in [0.717, 1.165) is 27.0 Å². The molecule has 1 aromatic carbocycles. The van der Waals surface area contributed by atoms with Crippen LogP contribution in [0, 0.1) is 0 Å². The minimum atomic E-state index is -1.59. The normalized spacial score (nSPS) is 18.5. The molecule has 3 atom stereocenters. The first-order valence-corrected chi connectivity index (χ1v) is 11.4. The summed E-state index contributed by atoms with van der Waals surface area (Å²) in [6.07, 6.45) is -0.956. The highest BCUT2D eigenvalue weighted by atomic mass is 35.5. The second kappa shape index (κ2) is 9.60. The number of H-pyrrole nitrogens is 1. The van der Waals surface area contributed by atoms with Gasteiger partial charge < -0.3 is 30.5 Å². The van der Waals surface area contributed by atoms with E-state index in [2.05, 4.69) is 10.3 Å². The number of benzene rings is 1. The summed E-state index contributed by atoms with van der Waals surface area (Å²) in [5.74, 6) is -0.907. The summed E-state index contributed by atoms with van der Waals surface area (Å²) in [7, 11) is 0. The van der Waals surface area contributed by atoms with E-state index in [1.165, 1.54) is 16.2 Å². The molecule has 5 N–H and O–H groups in total. The van der Waals surface area contributed by atoms with Crippen molar-refractivity contribution in [1.82, 2.24) is 15.2 Å². The number of hydrogen-bond donors (Lipinski definition) is 5. The van der Waals surface area contributed by atoms with Gasteiger partial charge in [0.25, 0.3) is 5.91 Å². The average Bonchev–Trinajstić information content (AvgIpc) is 3.41. The SMILES string of the molecule is O=C(Cc1cc2cc(Cl)sc2[nH]1)N[C@@H]1Cc2ccccc2[C@H]1N(CCO)C(=O)[C@@H](O)CO. The van der Waals surface area contributed by atoms with Crippen molar-refractivity contribution < 1.29 is 24.9 Å². The highest BCUT2D eigenvalue weighted by Gasteiger charge is 2.40. The molecular weight excluding hydrogens is 454 g/mol. The van der Waals surface area contributed by atoms with Crippen LogP contribution in [0.25, 0.3) is 10.2 Å². The lowest BCUT2D eigenvalue weighted by molar-refractivity contribution is -0.146. The highest BCUT2D eigenvalue weighted by Crippen LogP contribution is 2.36. The maximum absolute atomic E-state index is 12.9. The van der Waals surface area contributed by atoms with Crippen LogP contribution in [0.5, 0.6) is 0 Å². The van der Waals surface area contributed by atoms with Crippen LogP contribution < -0.4 is 5.32 Å². The van der Waals surface area contributed by atoms with Gasteiger partial charge in [0, 0.05) is 17.6 Å². The molecule has 0 bridgehead atoms. The fourth-order valence-corrected chi connectivity index (χ4v) is 5.47. The van der Waals surface area contributed by atoms with Gasteiger partial charge in [0.05, 0.1) is 36.1 Å². The largest absolute Gasteiger partial charge is 0.395 e. The number of rotatable bonds is 8. The third-order valence-electron chi connectivity index (χ3n) is 5.64. The van der Waals surface area contributed by atoms with Gasteiger partial charge in [-0.15, -0.1) is 11.3 Å². The van der Waals surface area contributed by atoms with E-state index in [0.29, 0.717) is 10.8 Å². The molecule has 2 heterocycles. The predicted octanol–water partition coefficient (Wildman–Crippen LogP) is 1.38. The summed E-state index contributed by atoms with van der Waals surface area (Å²) in [6.45, 7) is -1.07. The third kappa shape index (κ3) is 4.53. The van der Waals surface area contributed by atoms with Crippen molar-refractivity contribution in [2.45, 2.75) is 31.0 Å². The number of aromatic nitrogens is 1. The molecule has 0 spiro atoms. The molecule has 0 radical (unpaired) electrons. The molecule has 8 nitrogen and oxygen atoms in total. The summed E-state index contributed by atoms with van der Waals surface area (Å²) < 4.78 is 0.674. The van der Waals surface area contributed by atoms with Crippen molar-refractivity contribution in [3.63, 3.8) is 0 Å². The quantitative estimate of drug-likeness (QED) is 0.335. The molecule has 0 unspecified atom stereocenters. The topological polar surface area (TPSA) is 126 Å². The Hall–Kier alpha value is -2.43. The van der Waals surface area contributed by atoms with Gasteiger partial charge in [0.2, 0.25) is 5.91 Å². The first-order chi connectivity index (χ1) is 15.4. The Bertz CT molecular complexity index is 1100. The molecule has 32 heavy (non-hydrogen) atoms. The zero-order valence-electron chi connectivity index (χ0n) is 17.1. The van der Waals surface area contributed by atoms with Gasteiger partial charge in [0.15, 0.2) is 6.10 Å². The molecule has 1 aliphatic carbocycles. The van der Waals surface area contributed by atoms with Gasteiger partial charge in [-0.2, -0.15) is 0 Å². The first kappa shape index (κ1) is 22.8. The van der Waals surface area contributed by atoms with Crippen LogP contribution in [0.3, 0.4) is 0 Å². The fourth-order valence-electron chi connectivity index (χ4n) is 4.33. The van der Waals surface area contributed by atoms with Crippen molar-refractivity contribution in [3.8, 4) is 0 Å². The van der Waals surface area contributed by atoms with Gasteiger partial charge in [-0.3, -0.25) is 9.59 Å². The van der Waals surface area contributed by atoms with Crippen LogP contribution in [0.15, 0.2) is 36.4 Å². The summed E-state index contributed by atoms with van der Waals surface area (Å²) in [5.41, 5.74) is 2.58. The molecule has 4 rings (SSSR count). The molecule has 3 aromatic rings. The number of thiophene rings is 1. The number of aliphatic hydroxyl groups is 3. The lowest BCUT2D eigenvalue weighted by Gasteiger charge is -2.34. The number of amides is 2. The van der Waals surface area contributed by atoms with E-state index >= 15 is 0 Å². The maximum atomic E-state index is 12.9. The first-order valence-electron chi connectivity index (χ1n) is 10.3. The van der Waals surface area contributed by atoms with Crippen LogP contribution >= 0.6 is 22.9 Å². The second-order valence-corrected chi connectivity index (χ2v) is 9.47. The number of hydrogen-bond acceptors (Lipinski definition) is 6. The maximum Gasteiger partial charge on any atom is 0.254 e. The lowest BCUT2D eigenvalue weighted by Crippen LogP contribution is -2.51. The summed E-state index contributed by atoms with van der Waals surface area (Å²) >= 11 is 7.41. The van der Waals surface area contributed by atoms with E-state index in [4.69, 9.17) is 11.6 Å². The molecule has 2 amide bonds. The Kier molecular flexibility index (Phi) is 6.82. The van der Waals surface area contributed by atoms with Crippen LogP contribution in [0.2, 0.25) is 4.34 Å². The van der Waals surface area contributed by atoms with Crippen molar-refractivity contribution in [3.05, 3.63) is 57.6 Å². The van der Waals surface area contributed by atoms with Gasteiger partial charge in [-0.1, -0.05) is 35.9 Å². The molecule has 0 fully saturated rings. The molecule has 0 saturated heterocycles. The third-order valence-corrected chi connectivity index (χ3v) is 6.84. The monoisotopic (exact) mass is 477 g/mol. The van der Waals surface area contributed by atoms with Crippen LogP contribution in [-0.4, -0.2) is 68.9 Å². The number of carbonyl (C=O) groups is 2. The Labute approximate surface area is 193 Å². The average molecular weight is 478 g/mol. The Morgan fingerprint density at radius 3 is 2.78 bits per heavy atom. The molecule has 2 aromatic heterocycles. The van der Waals surface area contributed by atoms with Crippen molar-refractivity contribution in [2.24, 2.45) is 0 Å². The molecule has 170 valence electrons. The summed E-state index contributed by atoms with van der Waals surface area (Å²) in [5, 5.41) is 32.7. The second-order valence-electron chi connectivity index (χ2n) is 7.78. The van der Waals surface area contributed by atoms with Gasteiger partial charge in [-0.25, -0.2) is 0 Å². The van der Waals surface area contributed by atoms with Crippen molar-refractivity contribution in [1.29, 1.82) is 0 Å². The molecule has 0 aliphatic heterocycles. The number of aromatic amines is 1. The number of halogens is 1. The Morgan fingerprint density at radius 1 is 1.28 bits per heavy atom. The molecular formula is C22H24ClN3O5S. The minimum Gasteiger partial charge on any atom is -0.395 e. The minimum absolute atomic E-state index is 0.0328. The van der Waals surface area contributed by atoms with Crippen LogP contribution in [0.4, 0.5) is 0 Å². The molecule has 10 heteroatoms. The molecule has 0 saturated carbocycles. The predicted molar refractivity (Wildman–Crippen MR) is 122 cm³/mol. The van der Waals surface area contributed by atoms with Gasteiger partial charge >= 0.3 is 0 Å². The highest BCUT2D eigenvalue weighted by molar-refractivity contribution is 7.22. The van der Waals surface area contributed by atoms with Gasteiger partial charge in [0.1, 0.15) is 4.83 Å². The zero-order valence-corrected chi connectivity index (χ0v) is 18.7. The van der Waals surface area contributed by atoms with E-state index in [-0.39, 0.29) is 25.5 Å². The fraction of sp³-hybridized carbons (Fsp3) is 0.364. The molecule has 1 aliphatic rings. The van der Waals surface area contributed by atoms with E-state index in [1.807, 2.05) is 36.4 Å². The smallest absolute Gasteiger partial charge is 0.254 e. The standard InChI is InChI=1S/C22H24ClN3O5S/c23-18-9-13-7-14(24-21(13)32-18)10-19(30)25-16-8-12-3-1-2-4-15(12)20(16)26(5-6-27)22(31)17(29)11-28/h1-4,7,9,16-17,20,24,27-29H,5-6,8,10-11H2,(H,25,30)/t16-,17+,20-/m1/s1. The van der Waals surface area contributed by atoms with E-state index in [1.54, 1.807) is 0 Å². The lowest BCUT2D eigenvalue weighted by atomic mass is 10.0. The van der Waals surface area contributed by atoms with Crippen LogP contribution in [0.1, 0.15) is 22.9 Å². The number of carbonyl (C=O) groups excluding carboxylic acids is 2. The summed E-state index contributed by atoms with van der Waals surface area (Å²) in [6, 6.07) is 10.3. The zero-order chi connectivity index (χ0) is 22.8. The number of aliphatic hydroxyl groups excluding tert-OH is 3. The Morgan fingerprint density at radius 2 is 2.06 bits per heavy atom. The number of nitrogens with one attached hydrogen (secondary N) is 2. The summed E-state index contributed by atoms with van der Waals surface area (Å²) in [4.78, 5) is 31.1. The number of fused-ring (bicyclic) bond motifs is 2. The Balaban J connectivity index is 1.55. The van der Waals surface area contributed by atoms with Crippen molar-refractivity contribution in [2.75, 3.05) is 19.8 Å².